The first-order chi connectivity index (χ1) is 12.0. The third-order valence-electron chi connectivity index (χ3n) is 5.47. The van der Waals surface area contributed by atoms with Crippen LogP contribution in [0.2, 0.25) is 0 Å². The Morgan fingerprint density at radius 2 is 1.46 bits per heavy atom. The highest BCUT2D eigenvalue weighted by molar-refractivity contribution is 5.28. The Labute approximate surface area is 160 Å². The molecule has 0 saturated carbocycles. The molecule has 0 bridgehead atoms. The lowest BCUT2D eigenvalue weighted by molar-refractivity contribution is 0.415. The molecule has 0 aliphatic rings. The number of rotatable bonds is 6. The predicted molar refractivity (Wildman–Crippen MR) is 112 cm³/mol. The average Bonchev–Trinajstić information content (AvgIpc) is 2.59. The maximum absolute atomic E-state index is 4.69. The molecular weight excluding hydrogens is 316 g/mol. The van der Waals surface area contributed by atoms with Gasteiger partial charge < -0.3 is 0 Å². The number of nitrogens with zero attached hydrogens (tertiary/aromatic N) is 2. The molecule has 2 rings (SSSR count). The van der Waals surface area contributed by atoms with Gasteiger partial charge in [-0.3, -0.25) is 0 Å². The Hall–Kier alpha value is -1.70. The maximum Gasteiger partial charge on any atom is 0.133 e. The second-order valence-corrected chi connectivity index (χ2v) is 9.69. The summed E-state index contributed by atoms with van der Waals surface area (Å²) in [6.07, 6.45) is 6.22. The van der Waals surface area contributed by atoms with Crippen molar-refractivity contribution in [3.05, 3.63) is 59.2 Å². The van der Waals surface area contributed by atoms with Crippen molar-refractivity contribution >= 4 is 0 Å². The minimum Gasteiger partial charge on any atom is -0.240 e. The Balaban J connectivity index is 2.06. The Kier molecular flexibility index (Phi) is 6.26. The Bertz CT molecular complexity index is 706. The molecule has 0 saturated heterocycles. The fraction of sp³-hybridized carbons (Fsp3) is 0.583. The van der Waals surface area contributed by atoms with E-state index in [-0.39, 0.29) is 10.8 Å². The molecule has 2 aromatic rings. The van der Waals surface area contributed by atoms with Gasteiger partial charge in [0.2, 0.25) is 0 Å². The number of hydrogen-bond acceptors (Lipinski definition) is 2. The summed E-state index contributed by atoms with van der Waals surface area (Å²) in [5.41, 5.74) is 4.14. The summed E-state index contributed by atoms with van der Waals surface area (Å²) in [7, 11) is 0. The topological polar surface area (TPSA) is 25.8 Å². The van der Waals surface area contributed by atoms with Crippen LogP contribution < -0.4 is 0 Å². The first-order valence-electron chi connectivity index (χ1n) is 9.93. The number of benzene rings is 1. The van der Waals surface area contributed by atoms with E-state index in [1.54, 1.807) is 0 Å². The van der Waals surface area contributed by atoms with Gasteiger partial charge in [0, 0.05) is 17.8 Å². The van der Waals surface area contributed by atoms with Crippen molar-refractivity contribution in [3.8, 4) is 0 Å². The van der Waals surface area contributed by atoms with Crippen LogP contribution in [0.4, 0.5) is 0 Å². The molecular formula is C24H36N2. The van der Waals surface area contributed by atoms with Gasteiger partial charge in [0.25, 0.3) is 0 Å². The van der Waals surface area contributed by atoms with Gasteiger partial charge in [-0.15, -0.1) is 0 Å². The fourth-order valence-corrected chi connectivity index (χ4v) is 3.15. The molecule has 0 N–H and O–H groups in total. The predicted octanol–water partition coefficient (Wildman–Crippen LogP) is 6.76. The van der Waals surface area contributed by atoms with Crippen LogP contribution in [0.3, 0.4) is 0 Å². The molecule has 1 unspecified atom stereocenters. The number of aromatic nitrogens is 2. The third-order valence-corrected chi connectivity index (χ3v) is 5.47. The highest BCUT2D eigenvalue weighted by Gasteiger charge is 2.25. The van der Waals surface area contributed by atoms with E-state index in [1.165, 1.54) is 16.7 Å². The quantitative estimate of drug-likeness (QED) is 0.574. The molecule has 0 spiro atoms. The molecule has 0 radical (unpaired) electrons. The van der Waals surface area contributed by atoms with Gasteiger partial charge in [0.05, 0.1) is 0 Å². The van der Waals surface area contributed by atoms with Crippen LogP contribution in [-0.4, -0.2) is 9.97 Å². The molecule has 1 aromatic heterocycles. The minimum atomic E-state index is -0.0136. The van der Waals surface area contributed by atoms with Gasteiger partial charge in [-0.2, -0.15) is 0 Å². The van der Waals surface area contributed by atoms with Gasteiger partial charge in [0.1, 0.15) is 5.82 Å². The van der Waals surface area contributed by atoms with Crippen molar-refractivity contribution in [2.75, 3.05) is 0 Å². The fourth-order valence-electron chi connectivity index (χ4n) is 3.15. The van der Waals surface area contributed by atoms with Crippen LogP contribution in [0.5, 0.6) is 0 Å². The smallest absolute Gasteiger partial charge is 0.133 e. The Morgan fingerprint density at radius 3 is 2.00 bits per heavy atom. The van der Waals surface area contributed by atoms with E-state index in [0.717, 1.165) is 18.7 Å². The summed E-state index contributed by atoms with van der Waals surface area (Å²) in [5, 5.41) is 0. The van der Waals surface area contributed by atoms with Crippen molar-refractivity contribution in [1.29, 1.82) is 0 Å². The summed E-state index contributed by atoms with van der Waals surface area (Å²) in [4.78, 5) is 9.39. The van der Waals surface area contributed by atoms with Crippen molar-refractivity contribution < 1.29 is 0 Å². The summed E-state index contributed by atoms with van der Waals surface area (Å²) < 4.78 is 0. The van der Waals surface area contributed by atoms with Crippen LogP contribution >= 0.6 is 0 Å². The molecule has 1 atom stereocenters. The Morgan fingerprint density at radius 1 is 0.885 bits per heavy atom. The summed E-state index contributed by atoms with van der Waals surface area (Å²) in [6.45, 7) is 18.0. The van der Waals surface area contributed by atoms with Crippen LogP contribution in [0.1, 0.15) is 103 Å². The highest BCUT2D eigenvalue weighted by atomic mass is 14.9. The summed E-state index contributed by atoms with van der Waals surface area (Å²) in [6, 6.07) is 9.06. The van der Waals surface area contributed by atoms with Crippen LogP contribution in [0, 0.1) is 0 Å². The lowest BCUT2D eigenvalue weighted by atomic mass is 9.82. The van der Waals surface area contributed by atoms with Gasteiger partial charge in [0.15, 0.2) is 0 Å². The number of hydrogen-bond donors (Lipinski definition) is 0. The standard InChI is InChI=1S/C24H36N2/c1-17(2)19-10-9-11-20(14-19)18(3)12-13-24(7,8)22-25-15-21(16-26-22)23(4,5)6/h9-11,14-18H,12-13H2,1-8H3. The average molecular weight is 353 g/mol. The van der Waals surface area contributed by atoms with Crippen molar-refractivity contribution in [1.82, 2.24) is 9.97 Å². The molecule has 1 aromatic carbocycles. The monoisotopic (exact) mass is 352 g/mol. The zero-order valence-electron chi connectivity index (χ0n) is 17.9. The largest absolute Gasteiger partial charge is 0.240 e. The molecule has 1 heterocycles. The van der Waals surface area contributed by atoms with Gasteiger partial charge in [-0.1, -0.05) is 79.7 Å². The zero-order chi connectivity index (χ0) is 19.5. The van der Waals surface area contributed by atoms with E-state index in [0.29, 0.717) is 11.8 Å². The highest BCUT2D eigenvalue weighted by Crippen LogP contribution is 2.32. The SMILES string of the molecule is CC(C)c1cccc(C(C)CCC(C)(C)c2ncc(C(C)(C)C)cn2)c1. The second-order valence-electron chi connectivity index (χ2n) is 9.69. The molecule has 142 valence electrons. The first kappa shape index (κ1) is 20.6. The van der Waals surface area contributed by atoms with Crippen LogP contribution in [0.15, 0.2) is 36.7 Å². The normalized spacial score (nSPS) is 13.9. The maximum atomic E-state index is 4.69. The van der Waals surface area contributed by atoms with Crippen molar-refractivity contribution in [2.45, 2.75) is 90.9 Å². The van der Waals surface area contributed by atoms with Gasteiger partial charge >= 0.3 is 0 Å². The van der Waals surface area contributed by atoms with E-state index >= 15 is 0 Å². The second kappa shape index (κ2) is 7.90. The zero-order valence-corrected chi connectivity index (χ0v) is 17.9. The lowest BCUT2D eigenvalue weighted by Crippen LogP contribution is -2.23. The first-order valence-corrected chi connectivity index (χ1v) is 9.93. The van der Waals surface area contributed by atoms with Crippen LogP contribution in [-0.2, 0) is 10.8 Å². The summed E-state index contributed by atoms with van der Waals surface area (Å²) >= 11 is 0. The molecule has 26 heavy (non-hydrogen) atoms. The summed E-state index contributed by atoms with van der Waals surface area (Å²) in [5.74, 6) is 2.07. The molecule has 0 fully saturated rings. The van der Waals surface area contributed by atoms with Gasteiger partial charge in [-0.05, 0) is 46.8 Å². The van der Waals surface area contributed by atoms with E-state index in [4.69, 9.17) is 9.97 Å². The van der Waals surface area contributed by atoms with Gasteiger partial charge in [-0.25, -0.2) is 9.97 Å². The minimum absolute atomic E-state index is 0.0136. The molecule has 2 heteroatoms. The third kappa shape index (κ3) is 5.16. The molecule has 2 nitrogen and oxygen atoms in total. The lowest BCUT2D eigenvalue weighted by Gasteiger charge is -2.26. The molecule has 0 amide bonds. The van der Waals surface area contributed by atoms with E-state index in [1.807, 2.05) is 12.4 Å². The van der Waals surface area contributed by atoms with Crippen LogP contribution in [0.25, 0.3) is 0 Å². The van der Waals surface area contributed by atoms with Crippen molar-refractivity contribution in [3.63, 3.8) is 0 Å². The van der Waals surface area contributed by atoms with E-state index < -0.39 is 0 Å². The van der Waals surface area contributed by atoms with Crippen molar-refractivity contribution in [2.24, 2.45) is 0 Å². The molecule has 0 aliphatic carbocycles. The molecule has 0 aliphatic heterocycles. The van der Waals surface area contributed by atoms with E-state index in [2.05, 4.69) is 79.7 Å². The van der Waals surface area contributed by atoms with E-state index in [9.17, 15) is 0 Å².